The molecule has 0 heterocycles. The van der Waals surface area contributed by atoms with E-state index in [1.165, 1.54) is 76.7 Å². The van der Waals surface area contributed by atoms with Crippen LogP contribution in [0.2, 0.25) is 0 Å². The number of carbonyl (C=O) groups is 1. The minimum Gasteiger partial charge on any atom is -0.478 e. The highest BCUT2D eigenvalue weighted by atomic mass is 16.4. The van der Waals surface area contributed by atoms with E-state index in [2.05, 4.69) is 6.92 Å². The molecule has 2 fully saturated rings. The molecule has 126 valence electrons. The predicted molar refractivity (Wildman–Crippen MR) is 91.8 cm³/mol. The van der Waals surface area contributed by atoms with E-state index in [1.54, 1.807) is 0 Å². The average Bonchev–Trinajstić information content (AvgIpc) is 2.53. The minimum absolute atomic E-state index is 0.817. The van der Waals surface area contributed by atoms with Crippen molar-refractivity contribution in [2.24, 2.45) is 23.7 Å². The number of hydrogen-bond acceptors (Lipinski definition) is 1. The molecule has 2 saturated carbocycles. The fraction of sp³-hybridized carbons (Fsp3) is 0.850. The summed E-state index contributed by atoms with van der Waals surface area (Å²) < 4.78 is 0. The van der Waals surface area contributed by atoms with Gasteiger partial charge >= 0.3 is 5.97 Å². The molecule has 0 spiro atoms. The largest absolute Gasteiger partial charge is 0.478 e. The highest BCUT2D eigenvalue weighted by molar-refractivity contribution is 5.79. The van der Waals surface area contributed by atoms with Gasteiger partial charge in [0.1, 0.15) is 0 Å². The Balaban J connectivity index is 1.62. The Bertz CT molecular complexity index is 345. The van der Waals surface area contributed by atoms with Crippen LogP contribution < -0.4 is 0 Å². The number of aliphatic carboxylic acids is 1. The van der Waals surface area contributed by atoms with E-state index in [-0.39, 0.29) is 0 Å². The van der Waals surface area contributed by atoms with Crippen molar-refractivity contribution in [2.75, 3.05) is 0 Å². The molecule has 0 unspecified atom stereocenters. The fourth-order valence-electron chi connectivity index (χ4n) is 4.82. The molecule has 0 aromatic rings. The lowest BCUT2D eigenvalue weighted by Crippen LogP contribution is -2.25. The second-order valence-electron chi connectivity index (χ2n) is 7.67. The Morgan fingerprint density at radius 1 is 0.909 bits per heavy atom. The molecule has 2 heteroatoms. The van der Waals surface area contributed by atoms with E-state index in [0.29, 0.717) is 0 Å². The van der Waals surface area contributed by atoms with Crippen molar-refractivity contribution >= 4 is 5.97 Å². The van der Waals surface area contributed by atoms with Crippen molar-refractivity contribution in [1.82, 2.24) is 0 Å². The molecule has 0 saturated heterocycles. The zero-order valence-corrected chi connectivity index (χ0v) is 14.3. The van der Waals surface area contributed by atoms with Crippen LogP contribution in [0.25, 0.3) is 0 Å². The van der Waals surface area contributed by atoms with Crippen molar-refractivity contribution in [3.05, 3.63) is 12.2 Å². The minimum atomic E-state index is -0.817. The SMILES string of the molecule is CCCC1CCC(C2CCC(CC/C=C/C(=O)O)CC2)CC1. The normalized spacial score (nSPS) is 33.1. The summed E-state index contributed by atoms with van der Waals surface area (Å²) in [6.45, 7) is 2.32. The van der Waals surface area contributed by atoms with Gasteiger partial charge in [-0.05, 0) is 62.2 Å². The number of rotatable bonds is 7. The van der Waals surface area contributed by atoms with Crippen LogP contribution in [0.1, 0.15) is 84.0 Å². The van der Waals surface area contributed by atoms with E-state index in [9.17, 15) is 4.79 Å². The van der Waals surface area contributed by atoms with Crippen molar-refractivity contribution in [2.45, 2.75) is 84.0 Å². The van der Waals surface area contributed by atoms with Gasteiger partial charge in [0.25, 0.3) is 0 Å². The third kappa shape index (κ3) is 5.78. The molecule has 22 heavy (non-hydrogen) atoms. The first kappa shape index (κ1) is 17.6. The molecule has 0 atom stereocenters. The first-order valence-electron chi connectivity index (χ1n) is 9.58. The molecule has 2 aliphatic rings. The number of carboxylic acid groups (broad SMARTS) is 1. The fourth-order valence-corrected chi connectivity index (χ4v) is 4.82. The second-order valence-corrected chi connectivity index (χ2v) is 7.67. The van der Waals surface area contributed by atoms with E-state index in [1.807, 2.05) is 6.08 Å². The summed E-state index contributed by atoms with van der Waals surface area (Å²) >= 11 is 0. The number of hydrogen-bond donors (Lipinski definition) is 1. The van der Waals surface area contributed by atoms with Crippen LogP contribution in [0.5, 0.6) is 0 Å². The van der Waals surface area contributed by atoms with Crippen LogP contribution >= 0.6 is 0 Å². The van der Waals surface area contributed by atoms with Gasteiger partial charge in [0.15, 0.2) is 0 Å². The number of carboxylic acids is 1. The lowest BCUT2D eigenvalue weighted by molar-refractivity contribution is -0.131. The second kappa shape index (κ2) is 9.37. The molecule has 1 N–H and O–H groups in total. The van der Waals surface area contributed by atoms with Gasteiger partial charge in [0, 0.05) is 6.08 Å². The molecule has 0 amide bonds. The van der Waals surface area contributed by atoms with Gasteiger partial charge in [-0.15, -0.1) is 0 Å². The third-order valence-corrected chi connectivity index (χ3v) is 6.15. The highest BCUT2D eigenvalue weighted by Gasteiger charge is 2.30. The lowest BCUT2D eigenvalue weighted by atomic mass is 9.68. The summed E-state index contributed by atoms with van der Waals surface area (Å²) in [4.78, 5) is 10.4. The van der Waals surface area contributed by atoms with Crippen molar-refractivity contribution in [1.29, 1.82) is 0 Å². The van der Waals surface area contributed by atoms with Gasteiger partial charge in [0.2, 0.25) is 0 Å². The zero-order chi connectivity index (χ0) is 15.8. The Morgan fingerprint density at radius 2 is 1.41 bits per heavy atom. The van der Waals surface area contributed by atoms with Crippen LogP contribution in [0.4, 0.5) is 0 Å². The van der Waals surface area contributed by atoms with Crippen molar-refractivity contribution in [3.8, 4) is 0 Å². The Kier molecular flexibility index (Phi) is 7.48. The van der Waals surface area contributed by atoms with Gasteiger partial charge in [-0.25, -0.2) is 4.79 Å². The summed E-state index contributed by atoms with van der Waals surface area (Å²) in [7, 11) is 0. The molecule has 0 aromatic carbocycles. The summed E-state index contributed by atoms with van der Waals surface area (Å²) in [6.07, 6.45) is 19.6. The summed E-state index contributed by atoms with van der Waals surface area (Å²) in [5.41, 5.74) is 0. The molecular weight excluding hydrogens is 272 g/mol. The maximum atomic E-state index is 10.4. The first-order valence-corrected chi connectivity index (χ1v) is 9.58. The Labute approximate surface area is 136 Å². The molecule has 0 radical (unpaired) electrons. The summed E-state index contributed by atoms with van der Waals surface area (Å²) in [5, 5.41) is 8.59. The van der Waals surface area contributed by atoms with E-state index in [4.69, 9.17) is 5.11 Å². The lowest BCUT2D eigenvalue weighted by Gasteiger charge is -2.38. The van der Waals surface area contributed by atoms with Crippen LogP contribution in [-0.2, 0) is 4.79 Å². The molecule has 2 rings (SSSR count). The molecule has 0 aliphatic heterocycles. The van der Waals surface area contributed by atoms with E-state index >= 15 is 0 Å². The third-order valence-electron chi connectivity index (χ3n) is 6.15. The molecule has 0 aromatic heterocycles. The van der Waals surface area contributed by atoms with Gasteiger partial charge in [0.05, 0.1) is 0 Å². The molecule has 0 bridgehead atoms. The molecule has 2 nitrogen and oxygen atoms in total. The smallest absolute Gasteiger partial charge is 0.327 e. The van der Waals surface area contributed by atoms with Gasteiger partial charge < -0.3 is 5.11 Å². The topological polar surface area (TPSA) is 37.3 Å². The average molecular weight is 306 g/mol. The van der Waals surface area contributed by atoms with Gasteiger partial charge in [-0.1, -0.05) is 51.5 Å². The maximum Gasteiger partial charge on any atom is 0.327 e. The summed E-state index contributed by atoms with van der Waals surface area (Å²) in [6, 6.07) is 0. The number of allylic oxidation sites excluding steroid dienone is 1. The zero-order valence-electron chi connectivity index (χ0n) is 14.3. The highest BCUT2D eigenvalue weighted by Crippen LogP contribution is 2.42. The summed E-state index contributed by atoms with van der Waals surface area (Å²) in [5.74, 6) is 3.06. The Morgan fingerprint density at radius 3 is 1.86 bits per heavy atom. The van der Waals surface area contributed by atoms with Crippen molar-refractivity contribution in [3.63, 3.8) is 0 Å². The quantitative estimate of drug-likeness (QED) is 0.602. The van der Waals surface area contributed by atoms with E-state index < -0.39 is 5.97 Å². The van der Waals surface area contributed by atoms with Crippen LogP contribution in [0.3, 0.4) is 0 Å². The van der Waals surface area contributed by atoms with Gasteiger partial charge in [-0.2, -0.15) is 0 Å². The predicted octanol–water partition coefficient (Wildman–Crippen LogP) is 5.82. The van der Waals surface area contributed by atoms with Gasteiger partial charge in [-0.3, -0.25) is 0 Å². The Hall–Kier alpha value is -0.790. The standard InChI is InChI=1S/C20H34O2/c1-2-5-16-8-12-18(13-9-16)19-14-10-17(11-15-19)6-3-4-7-20(21)22/h4,7,16-19H,2-3,5-6,8-15H2,1H3,(H,21,22)/b7-4+. The van der Waals surface area contributed by atoms with E-state index in [0.717, 1.165) is 30.1 Å². The maximum absolute atomic E-state index is 10.4. The van der Waals surface area contributed by atoms with Crippen molar-refractivity contribution < 1.29 is 9.90 Å². The van der Waals surface area contributed by atoms with Crippen LogP contribution in [0.15, 0.2) is 12.2 Å². The van der Waals surface area contributed by atoms with Crippen LogP contribution in [0, 0.1) is 23.7 Å². The first-order chi connectivity index (χ1) is 10.7. The molecule has 2 aliphatic carbocycles. The molecular formula is C20H34O2. The van der Waals surface area contributed by atoms with Crippen LogP contribution in [-0.4, -0.2) is 11.1 Å². The monoisotopic (exact) mass is 306 g/mol.